The predicted molar refractivity (Wildman–Crippen MR) is 69.4 cm³/mol. The Hall–Kier alpha value is -0.130. The van der Waals surface area contributed by atoms with E-state index in [9.17, 15) is 8.42 Å². The number of hydrogen-bond donors (Lipinski definition) is 1. The molecule has 1 heterocycles. The minimum Gasteiger partial charge on any atom is -0.315 e. The minimum atomic E-state index is -3.07. The van der Waals surface area contributed by atoms with Gasteiger partial charge in [-0.1, -0.05) is 6.92 Å². The van der Waals surface area contributed by atoms with E-state index < -0.39 is 10.0 Å². The van der Waals surface area contributed by atoms with Crippen LogP contribution in [-0.4, -0.2) is 44.2 Å². The number of piperidine rings is 1. The van der Waals surface area contributed by atoms with Crippen molar-refractivity contribution in [1.82, 2.24) is 9.62 Å². The quantitative estimate of drug-likeness (QED) is 0.780. The maximum atomic E-state index is 12.5. The van der Waals surface area contributed by atoms with Gasteiger partial charge in [-0.3, -0.25) is 0 Å². The summed E-state index contributed by atoms with van der Waals surface area (Å²) in [6.45, 7) is 5.09. The molecule has 0 radical (unpaired) electrons. The summed E-state index contributed by atoms with van der Waals surface area (Å²) in [6, 6.07) is 0. The zero-order chi connectivity index (χ0) is 12.3. The maximum Gasteiger partial charge on any atom is 0.218 e. The van der Waals surface area contributed by atoms with Crippen molar-refractivity contribution in [3.8, 4) is 0 Å². The van der Waals surface area contributed by atoms with Gasteiger partial charge in [-0.25, -0.2) is 12.7 Å². The molecule has 2 fully saturated rings. The monoisotopic (exact) mass is 260 g/mol. The van der Waals surface area contributed by atoms with Crippen LogP contribution in [-0.2, 0) is 10.0 Å². The van der Waals surface area contributed by atoms with E-state index in [1.165, 1.54) is 12.8 Å². The molecular formula is C12H24N2O2S. The molecule has 1 atom stereocenters. The molecule has 0 spiro atoms. The van der Waals surface area contributed by atoms with E-state index in [2.05, 4.69) is 12.2 Å². The molecule has 100 valence electrons. The molecule has 0 aromatic heterocycles. The van der Waals surface area contributed by atoms with Gasteiger partial charge in [0.05, 0.1) is 5.25 Å². The topological polar surface area (TPSA) is 49.4 Å². The van der Waals surface area contributed by atoms with Crippen molar-refractivity contribution >= 4 is 10.0 Å². The molecule has 1 aliphatic carbocycles. The molecule has 0 aromatic rings. The van der Waals surface area contributed by atoms with E-state index >= 15 is 0 Å². The number of nitrogens with zero attached hydrogens (tertiary/aromatic N) is 1. The van der Waals surface area contributed by atoms with E-state index in [1.54, 1.807) is 4.31 Å². The van der Waals surface area contributed by atoms with Crippen LogP contribution < -0.4 is 5.32 Å². The second kappa shape index (κ2) is 5.67. The van der Waals surface area contributed by atoms with Crippen LogP contribution in [0.25, 0.3) is 0 Å². The van der Waals surface area contributed by atoms with Crippen LogP contribution in [0.5, 0.6) is 0 Å². The largest absolute Gasteiger partial charge is 0.315 e. The van der Waals surface area contributed by atoms with E-state index in [1.807, 2.05) is 0 Å². The molecule has 0 aromatic carbocycles. The second-order valence-electron chi connectivity index (χ2n) is 5.31. The molecule has 0 amide bonds. The summed E-state index contributed by atoms with van der Waals surface area (Å²) >= 11 is 0. The summed E-state index contributed by atoms with van der Waals surface area (Å²) in [7, 11) is -3.07. The zero-order valence-electron chi connectivity index (χ0n) is 10.7. The van der Waals surface area contributed by atoms with Crippen LogP contribution >= 0.6 is 0 Å². The third-order valence-electron chi connectivity index (χ3n) is 3.66. The average molecular weight is 260 g/mol. The number of nitrogens with one attached hydrogen (secondary N) is 1. The van der Waals surface area contributed by atoms with Crippen LogP contribution in [0.4, 0.5) is 0 Å². The molecule has 2 aliphatic rings. The fourth-order valence-corrected chi connectivity index (χ4v) is 4.52. The molecule has 17 heavy (non-hydrogen) atoms. The van der Waals surface area contributed by atoms with Gasteiger partial charge in [0.2, 0.25) is 10.0 Å². The van der Waals surface area contributed by atoms with E-state index in [0.29, 0.717) is 19.0 Å². The molecular weight excluding hydrogens is 236 g/mol. The Labute approximate surface area is 105 Å². The van der Waals surface area contributed by atoms with Crippen LogP contribution in [0.3, 0.4) is 0 Å². The Morgan fingerprint density at radius 3 is 2.59 bits per heavy atom. The first kappa shape index (κ1) is 13.3. The Bertz CT molecular complexity index is 332. The molecule has 1 aliphatic heterocycles. The second-order valence-corrected chi connectivity index (χ2v) is 7.53. The lowest BCUT2D eigenvalue weighted by atomic mass is 10.2. The maximum absolute atomic E-state index is 12.5. The summed E-state index contributed by atoms with van der Waals surface area (Å²) in [5.41, 5.74) is 0. The van der Waals surface area contributed by atoms with Gasteiger partial charge in [-0.2, -0.15) is 0 Å². The molecule has 1 N–H and O–H groups in total. The Balaban J connectivity index is 2.02. The van der Waals surface area contributed by atoms with Crippen molar-refractivity contribution in [3.05, 3.63) is 0 Å². The highest BCUT2D eigenvalue weighted by Gasteiger charge is 2.35. The van der Waals surface area contributed by atoms with Gasteiger partial charge in [-0.05, 0) is 44.6 Å². The van der Waals surface area contributed by atoms with Crippen molar-refractivity contribution in [3.63, 3.8) is 0 Å². The zero-order valence-corrected chi connectivity index (χ0v) is 11.5. The fourth-order valence-electron chi connectivity index (χ4n) is 2.45. The number of rotatable bonds is 6. The Morgan fingerprint density at radius 2 is 2.06 bits per heavy atom. The van der Waals surface area contributed by atoms with E-state index in [-0.39, 0.29) is 5.25 Å². The standard InChI is InChI=1S/C12H24N2O2S/c1-2-8-14(10-11-5-6-11)17(15,16)12-4-3-7-13-9-12/h11-13H,2-10H2,1H3. The SMILES string of the molecule is CCCN(CC1CC1)S(=O)(=O)C1CCCNC1. The molecule has 4 nitrogen and oxygen atoms in total. The lowest BCUT2D eigenvalue weighted by Crippen LogP contribution is -2.47. The van der Waals surface area contributed by atoms with Crippen LogP contribution in [0.2, 0.25) is 0 Å². The third kappa shape index (κ3) is 3.42. The first-order valence-corrected chi connectivity index (χ1v) is 8.34. The summed E-state index contributed by atoms with van der Waals surface area (Å²) in [4.78, 5) is 0. The van der Waals surface area contributed by atoms with Crippen LogP contribution in [0.1, 0.15) is 39.0 Å². The van der Waals surface area contributed by atoms with Gasteiger partial charge in [0.25, 0.3) is 0 Å². The van der Waals surface area contributed by atoms with Crippen molar-refractivity contribution in [2.45, 2.75) is 44.3 Å². The Morgan fingerprint density at radius 1 is 1.29 bits per heavy atom. The minimum absolute atomic E-state index is 0.193. The van der Waals surface area contributed by atoms with Crippen LogP contribution in [0, 0.1) is 5.92 Å². The van der Waals surface area contributed by atoms with Crippen molar-refractivity contribution < 1.29 is 8.42 Å². The first-order chi connectivity index (χ1) is 8.14. The van der Waals surface area contributed by atoms with Gasteiger partial charge in [0.1, 0.15) is 0 Å². The Kier molecular flexibility index (Phi) is 4.44. The van der Waals surface area contributed by atoms with Gasteiger partial charge < -0.3 is 5.32 Å². The van der Waals surface area contributed by atoms with Gasteiger partial charge in [-0.15, -0.1) is 0 Å². The smallest absolute Gasteiger partial charge is 0.218 e. The summed E-state index contributed by atoms with van der Waals surface area (Å²) < 4.78 is 26.8. The van der Waals surface area contributed by atoms with Crippen LogP contribution in [0.15, 0.2) is 0 Å². The first-order valence-electron chi connectivity index (χ1n) is 6.84. The predicted octanol–water partition coefficient (Wildman–Crippen LogP) is 1.19. The normalized spacial score (nSPS) is 26.4. The molecule has 1 saturated carbocycles. The fraction of sp³-hybridized carbons (Fsp3) is 1.00. The van der Waals surface area contributed by atoms with Crippen molar-refractivity contribution in [2.24, 2.45) is 5.92 Å². The van der Waals surface area contributed by atoms with Gasteiger partial charge in [0.15, 0.2) is 0 Å². The van der Waals surface area contributed by atoms with Gasteiger partial charge in [0, 0.05) is 19.6 Å². The lowest BCUT2D eigenvalue weighted by molar-refractivity contribution is 0.378. The molecule has 1 saturated heterocycles. The third-order valence-corrected chi connectivity index (χ3v) is 5.96. The van der Waals surface area contributed by atoms with Crippen molar-refractivity contribution in [2.75, 3.05) is 26.2 Å². The van der Waals surface area contributed by atoms with E-state index in [0.717, 1.165) is 32.4 Å². The highest BCUT2D eigenvalue weighted by molar-refractivity contribution is 7.89. The van der Waals surface area contributed by atoms with E-state index in [4.69, 9.17) is 0 Å². The molecule has 0 bridgehead atoms. The highest BCUT2D eigenvalue weighted by Crippen LogP contribution is 2.31. The van der Waals surface area contributed by atoms with Gasteiger partial charge >= 0.3 is 0 Å². The molecule has 2 rings (SSSR count). The molecule has 5 heteroatoms. The average Bonchev–Trinajstić information content (AvgIpc) is 3.14. The summed E-state index contributed by atoms with van der Waals surface area (Å²) in [5, 5.41) is 3.01. The highest BCUT2D eigenvalue weighted by atomic mass is 32.2. The lowest BCUT2D eigenvalue weighted by Gasteiger charge is -2.29. The summed E-state index contributed by atoms with van der Waals surface area (Å²) in [5.74, 6) is 0.632. The number of sulfonamides is 1. The molecule has 1 unspecified atom stereocenters. The number of hydrogen-bond acceptors (Lipinski definition) is 3. The van der Waals surface area contributed by atoms with Crippen molar-refractivity contribution in [1.29, 1.82) is 0 Å². The summed E-state index contributed by atoms with van der Waals surface area (Å²) in [6.07, 6.45) is 5.12.